The molecule has 0 saturated carbocycles. The summed E-state index contributed by atoms with van der Waals surface area (Å²) in [4.78, 5) is 2.45. The number of nitrogens with zero attached hydrogens (tertiary/aromatic N) is 1. The van der Waals surface area contributed by atoms with Gasteiger partial charge in [0.1, 0.15) is 0 Å². The summed E-state index contributed by atoms with van der Waals surface area (Å²) >= 11 is 0. The molecular formula is C15H20N2O. The summed E-state index contributed by atoms with van der Waals surface area (Å²) < 4.78 is 5.44. The normalized spacial score (nSPS) is 20.2. The van der Waals surface area contributed by atoms with Gasteiger partial charge in [-0.3, -0.25) is 4.90 Å². The lowest BCUT2D eigenvalue weighted by atomic mass is 10.1. The van der Waals surface area contributed by atoms with Gasteiger partial charge in [0.2, 0.25) is 0 Å². The summed E-state index contributed by atoms with van der Waals surface area (Å²) in [7, 11) is 0. The Kier molecular flexibility index (Phi) is 4.77. The summed E-state index contributed by atoms with van der Waals surface area (Å²) in [5, 5.41) is 0. The van der Waals surface area contributed by atoms with E-state index in [1.165, 1.54) is 5.56 Å². The van der Waals surface area contributed by atoms with Crippen molar-refractivity contribution < 1.29 is 4.74 Å². The third kappa shape index (κ3) is 3.58. The molecule has 1 aliphatic rings. The molecule has 1 unspecified atom stereocenters. The number of morpholine rings is 1. The minimum atomic E-state index is 0.410. The predicted octanol–water partition coefficient (Wildman–Crippen LogP) is 1.22. The standard InChI is InChI=1S/C15H20N2O/c1-13-12-18-10-9-17(13)11-15-6-4-14(5-7-15)3-2-8-16/h4-7,13H,8-12,16H2,1H3. The minimum Gasteiger partial charge on any atom is -0.379 e. The van der Waals surface area contributed by atoms with Crippen molar-refractivity contribution in [3.63, 3.8) is 0 Å². The van der Waals surface area contributed by atoms with Crippen LogP contribution in [-0.2, 0) is 11.3 Å². The molecule has 1 aromatic rings. The van der Waals surface area contributed by atoms with Crippen LogP contribution in [0.2, 0.25) is 0 Å². The molecule has 2 rings (SSSR count). The monoisotopic (exact) mass is 244 g/mol. The lowest BCUT2D eigenvalue weighted by Gasteiger charge is -2.33. The van der Waals surface area contributed by atoms with Crippen LogP contribution in [0.4, 0.5) is 0 Å². The van der Waals surface area contributed by atoms with Gasteiger partial charge in [-0.15, -0.1) is 0 Å². The first-order valence-electron chi connectivity index (χ1n) is 6.39. The zero-order valence-electron chi connectivity index (χ0n) is 10.9. The van der Waals surface area contributed by atoms with Crippen LogP contribution in [0.25, 0.3) is 0 Å². The van der Waals surface area contributed by atoms with Crippen molar-refractivity contribution in [2.24, 2.45) is 5.73 Å². The first-order valence-corrected chi connectivity index (χ1v) is 6.39. The summed E-state index contributed by atoms with van der Waals surface area (Å²) in [6, 6.07) is 8.90. The van der Waals surface area contributed by atoms with Crippen molar-refractivity contribution in [3.05, 3.63) is 35.4 Å². The maximum atomic E-state index is 5.44. The Bertz CT molecular complexity index is 430. The zero-order chi connectivity index (χ0) is 12.8. The Morgan fingerprint density at radius 1 is 1.39 bits per heavy atom. The molecule has 1 fully saturated rings. The largest absolute Gasteiger partial charge is 0.379 e. The van der Waals surface area contributed by atoms with Crippen LogP contribution >= 0.6 is 0 Å². The van der Waals surface area contributed by atoms with Gasteiger partial charge < -0.3 is 10.5 Å². The predicted molar refractivity (Wildman–Crippen MR) is 73.1 cm³/mol. The second-order valence-corrected chi connectivity index (χ2v) is 4.60. The number of hydrogen-bond acceptors (Lipinski definition) is 3. The van der Waals surface area contributed by atoms with Gasteiger partial charge in [0.15, 0.2) is 0 Å². The Morgan fingerprint density at radius 2 is 2.17 bits per heavy atom. The second kappa shape index (κ2) is 6.55. The van der Waals surface area contributed by atoms with Crippen molar-refractivity contribution in [1.29, 1.82) is 0 Å². The molecule has 2 N–H and O–H groups in total. The summed E-state index contributed by atoms with van der Waals surface area (Å²) in [6.45, 7) is 6.28. The maximum absolute atomic E-state index is 5.44. The van der Waals surface area contributed by atoms with Gasteiger partial charge in [-0.05, 0) is 24.6 Å². The highest BCUT2D eigenvalue weighted by atomic mass is 16.5. The van der Waals surface area contributed by atoms with E-state index in [1.54, 1.807) is 0 Å². The van der Waals surface area contributed by atoms with Crippen LogP contribution in [0.15, 0.2) is 24.3 Å². The van der Waals surface area contributed by atoms with Crippen molar-refractivity contribution in [1.82, 2.24) is 4.90 Å². The first-order chi connectivity index (χ1) is 8.79. The highest BCUT2D eigenvalue weighted by Gasteiger charge is 2.18. The van der Waals surface area contributed by atoms with Crippen LogP contribution in [0, 0.1) is 11.8 Å². The molecule has 1 aliphatic heterocycles. The van der Waals surface area contributed by atoms with Gasteiger partial charge in [-0.1, -0.05) is 24.0 Å². The zero-order valence-corrected chi connectivity index (χ0v) is 10.9. The summed E-state index contributed by atoms with van der Waals surface area (Å²) in [5.41, 5.74) is 7.70. The highest BCUT2D eigenvalue weighted by molar-refractivity contribution is 5.36. The number of rotatable bonds is 2. The van der Waals surface area contributed by atoms with E-state index >= 15 is 0 Å². The van der Waals surface area contributed by atoms with Gasteiger partial charge in [0.05, 0.1) is 19.8 Å². The van der Waals surface area contributed by atoms with Gasteiger partial charge >= 0.3 is 0 Å². The van der Waals surface area contributed by atoms with Crippen molar-refractivity contribution >= 4 is 0 Å². The molecule has 1 saturated heterocycles. The van der Waals surface area contributed by atoms with Crippen molar-refractivity contribution in [3.8, 4) is 11.8 Å². The fourth-order valence-corrected chi connectivity index (χ4v) is 2.08. The minimum absolute atomic E-state index is 0.410. The SMILES string of the molecule is CC1COCCN1Cc1ccc(C#CCN)cc1. The van der Waals surface area contributed by atoms with Gasteiger partial charge in [0.25, 0.3) is 0 Å². The van der Waals surface area contributed by atoms with Crippen molar-refractivity contribution in [2.75, 3.05) is 26.3 Å². The molecule has 0 aromatic heterocycles. The quantitative estimate of drug-likeness (QED) is 0.795. The fraction of sp³-hybridized carbons (Fsp3) is 0.467. The third-order valence-electron chi connectivity index (χ3n) is 3.18. The average Bonchev–Trinajstić information content (AvgIpc) is 2.41. The Balaban J connectivity index is 1.97. The van der Waals surface area contributed by atoms with Gasteiger partial charge in [-0.2, -0.15) is 0 Å². The molecule has 0 bridgehead atoms. The van der Waals surface area contributed by atoms with E-state index in [1.807, 2.05) is 0 Å². The van der Waals surface area contributed by atoms with E-state index in [4.69, 9.17) is 10.5 Å². The number of ether oxygens (including phenoxy) is 1. The van der Waals surface area contributed by atoms with E-state index in [9.17, 15) is 0 Å². The van der Waals surface area contributed by atoms with Crippen LogP contribution in [0.3, 0.4) is 0 Å². The molecule has 0 aliphatic carbocycles. The number of benzene rings is 1. The van der Waals surface area contributed by atoms with E-state index in [0.717, 1.165) is 31.9 Å². The number of nitrogens with two attached hydrogens (primary N) is 1. The van der Waals surface area contributed by atoms with Crippen molar-refractivity contribution in [2.45, 2.75) is 19.5 Å². The topological polar surface area (TPSA) is 38.5 Å². The number of hydrogen-bond donors (Lipinski definition) is 1. The Hall–Kier alpha value is -1.34. The lowest BCUT2D eigenvalue weighted by Crippen LogP contribution is -2.42. The van der Waals surface area contributed by atoms with E-state index in [2.05, 4.69) is 47.9 Å². The fourth-order valence-electron chi connectivity index (χ4n) is 2.08. The molecular weight excluding hydrogens is 224 g/mol. The van der Waals surface area contributed by atoms with Gasteiger partial charge in [-0.25, -0.2) is 0 Å². The molecule has 1 atom stereocenters. The van der Waals surface area contributed by atoms with E-state index < -0.39 is 0 Å². The molecule has 1 aromatic carbocycles. The maximum Gasteiger partial charge on any atom is 0.0619 e. The molecule has 3 heteroatoms. The molecule has 0 radical (unpaired) electrons. The van der Waals surface area contributed by atoms with E-state index in [-0.39, 0.29) is 0 Å². The van der Waals surface area contributed by atoms with Gasteiger partial charge in [0, 0.05) is 24.7 Å². The van der Waals surface area contributed by atoms with Crippen LogP contribution < -0.4 is 5.73 Å². The highest BCUT2D eigenvalue weighted by Crippen LogP contribution is 2.12. The Labute approximate surface area is 109 Å². The van der Waals surface area contributed by atoms with E-state index in [0.29, 0.717) is 12.6 Å². The molecule has 0 amide bonds. The molecule has 3 nitrogen and oxygen atoms in total. The molecule has 96 valence electrons. The smallest absolute Gasteiger partial charge is 0.0619 e. The molecule has 0 spiro atoms. The first kappa shape index (κ1) is 13.1. The second-order valence-electron chi connectivity index (χ2n) is 4.60. The molecule has 18 heavy (non-hydrogen) atoms. The Morgan fingerprint density at radius 3 is 2.83 bits per heavy atom. The third-order valence-corrected chi connectivity index (χ3v) is 3.18. The summed E-state index contributed by atoms with van der Waals surface area (Å²) in [6.07, 6.45) is 0. The average molecular weight is 244 g/mol. The van der Waals surface area contributed by atoms with Crippen LogP contribution in [-0.4, -0.2) is 37.2 Å². The van der Waals surface area contributed by atoms with Crippen LogP contribution in [0.1, 0.15) is 18.1 Å². The molecule has 1 heterocycles. The summed E-state index contributed by atoms with van der Waals surface area (Å²) in [5.74, 6) is 5.90. The lowest BCUT2D eigenvalue weighted by molar-refractivity contribution is -0.00436. The van der Waals surface area contributed by atoms with Crippen LogP contribution in [0.5, 0.6) is 0 Å².